The molecular weight excluding hydrogens is 404 g/mol. The van der Waals surface area contributed by atoms with Crippen LogP contribution in [0.4, 0.5) is 0 Å². The normalized spacial score (nSPS) is 25.2. The second kappa shape index (κ2) is 12.4. The number of nitrogens with one attached hydrogen (secondary N) is 2. The molecule has 2 bridgehead atoms. The van der Waals surface area contributed by atoms with Crippen LogP contribution < -0.4 is 10.6 Å². The van der Waals surface area contributed by atoms with Gasteiger partial charge in [0.05, 0.1) is 7.11 Å². The maximum Gasteiger partial charge on any atom is 0.328 e. The molecule has 1 fully saturated rings. The Morgan fingerprint density at radius 3 is 2.56 bits per heavy atom. The van der Waals surface area contributed by atoms with Gasteiger partial charge in [0.25, 0.3) is 0 Å². The van der Waals surface area contributed by atoms with Gasteiger partial charge in [0.2, 0.25) is 11.8 Å². The standard InChI is InChI=1S/C26H36N2O4/c1-32-26(31)22-18-20-13-10-12-19(17-20)11-6-3-2-4-9-16-23(29)28-24(25(30)27-22)21-14-7-5-8-15-21/h6,10-13,17,21-22,24H,2-5,7-9,14-16,18H2,1H3,(H,27,30)(H,28,29)/b11-6-. The van der Waals surface area contributed by atoms with Crippen molar-refractivity contribution in [3.05, 3.63) is 41.5 Å². The van der Waals surface area contributed by atoms with Gasteiger partial charge in [-0.25, -0.2) is 4.79 Å². The first-order chi connectivity index (χ1) is 15.6. The lowest BCUT2D eigenvalue weighted by Gasteiger charge is -2.31. The van der Waals surface area contributed by atoms with E-state index in [9.17, 15) is 14.4 Å². The van der Waals surface area contributed by atoms with E-state index < -0.39 is 18.1 Å². The van der Waals surface area contributed by atoms with Gasteiger partial charge in [-0.05, 0) is 49.1 Å². The van der Waals surface area contributed by atoms with E-state index >= 15 is 0 Å². The van der Waals surface area contributed by atoms with E-state index in [-0.39, 0.29) is 17.7 Å². The second-order valence-electron chi connectivity index (χ2n) is 8.98. The van der Waals surface area contributed by atoms with Gasteiger partial charge in [-0.3, -0.25) is 9.59 Å². The Bertz CT molecular complexity index is 814. The third-order valence-electron chi connectivity index (χ3n) is 6.50. The van der Waals surface area contributed by atoms with E-state index in [1.807, 2.05) is 24.3 Å². The quantitative estimate of drug-likeness (QED) is 0.683. The minimum Gasteiger partial charge on any atom is -0.467 e. The summed E-state index contributed by atoms with van der Waals surface area (Å²) < 4.78 is 4.98. The van der Waals surface area contributed by atoms with Crippen molar-refractivity contribution < 1.29 is 19.1 Å². The van der Waals surface area contributed by atoms with Crippen LogP contribution >= 0.6 is 0 Å². The van der Waals surface area contributed by atoms with Crippen LogP contribution in [0.3, 0.4) is 0 Å². The number of hydrogen-bond acceptors (Lipinski definition) is 4. The fraction of sp³-hybridized carbons (Fsp3) is 0.577. The Hall–Kier alpha value is -2.63. The van der Waals surface area contributed by atoms with E-state index in [2.05, 4.69) is 22.8 Å². The Balaban J connectivity index is 1.85. The first-order valence-corrected chi connectivity index (χ1v) is 12.0. The summed E-state index contributed by atoms with van der Waals surface area (Å²) >= 11 is 0. The molecule has 2 unspecified atom stereocenters. The average molecular weight is 441 g/mol. The van der Waals surface area contributed by atoms with Crippen molar-refractivity contribution in [3.63, 3.8) is 0 Å². The van der Waals surface area contributed by atoms with E-state index in [1.165, 1.54) is 7.11 Å². The molecule has 1 aromatic carbocycles. The largest absolute Gasteiger partial charge is 0.467 e. The summed E-state index contributed by atoms with van der Waals surface area (Å²) in [4.78, 5) is 38.4. The molecule has 1 saturated carbocycles. The van der Waals surface area contributed by atoms with Crippen LogP contribution in [0.1, 0.15) is 75.3 Å². The Kier molecular flexibility index (Phi) is 9.32. The third-order valence-corrected chi connectivity index (χ3v) is 6.50. The first kappa shape index (κ1) is 24.0. The Labute approximate surface area is 191 Å². The lowest BCUT2D eigenvalue weighted by molar-refractivity contribution is -0.145. The zero-order valence-electron chi connectivity index (χ0n) is 19.1. The van der Waals surface area contributed by atoms with Gasteiger partial charge in [0, 0.05) is 12.8 Å². The number of carbonyl (C=O) groups excluding carboxylic acids is 3. The zero-order valence-corrected chi connectivity index (χ0v) is 19.1. The molecule has 0 radical (unpaired) electrons. The summed E-state index contributed by atoms with van der Waals surface area (Å²) in [6.07, 6.45) is 13.9. The number of ether oxygens (including phenoxy) is 1. The van der Waals surface area contributed by atoms with E-state index in [4.69, 9.17) is 4.74 Å². The maximum absolute atomic E-state index is 13.3. The molecule has 3 rings (SSSR count). The lowest BCUT2D eigenvalue weighted by Crippen LogP contribution is -2.55. The fourth-order valence-electron chi connectivity index (χ4n) is 4.71. The highest BCUT2D eigenvalue weighted by Crippen LogP contribution is 2.27. The van der Waals surface area contributed by atoms with Crippen LogP contribution in [0.15, 0.2) is 30.3 Å². The molecule has 1 heterocycles. The van der Waals surface area contributed by atoms with Gasteiger partial charge in [0.15, 0.2) is 0 Å². The molecular formula is C26H36N2O4. The number of fused-ring (bicyclic) bond motifs is 2. The molecule has 6 heteroatoms. The fourth-order valence-corrected chi connectivity index (χ4v) is 4.71. The lowest BCUT2D eigenvalue weighted by atomic mass is 9.83. The SMILES string of the molecule is COC(=O)C1Cc2cccc(c2)/C=C\CCCCCC(=O)NC(C2CCCCC2)C(=O)N1. The van der Waals surface area contributed by atoms with Gasteiger partial charge in [0.1, 0.15) is 12.1 Å². The van der Waals surface area contributed by atoms with Gasteiger partial charge in [-0.15, -0.1) is 0 Å². The molecule has 32 heavy (non-hydrogen) atoms. The minimum atomic E-state index is -0.801. The van der Waals surface area contributed by atoms with Crippen LogP contribution in [-0.4, -0.2) is 37.0 Å². The molecule has 174 valence electrons. The summed E-state index contributed by atoms with van der Waals surface area (Å²) in [6, 6.07) is 6.57. The molecule has 1 aliphatic carbocycles. The number of esters is 1. The predicted molar refractivity (Wildman–Crippen MR) is 125 cm³/mol. The number of hydrogen-bond donors (Lipinski definition) is 2. The highest BCUT2D eigenvalue weighted by molar-refractivity contribution is 5.91. The van der Waals surface area contributed by atoms with E-state index in [0.717, 1.165) is 68.9 Å². The number of benzene rings is 1. The highest BCUT2D eigenvalue weighted by atomic mass is 16.5. The molecule has 0 aromatic heterocycles. The Morgan fingerprint density at radius 2 is 1.78 bits per heavy atom. The average Bonchev–Trinajstić information content (AvgIpc) is 2.81. The molecule has 1 aromatic rings. The number of rotatable bonds is 2. The molecule has 0 spiro atoms. The van der Waals surface area contributed by atoms with Crippen molar-refractivity contribution in [1.82, 2.24) is 10.6 Å². The van der Waals surface area contributed by atoms with Gasteiger partial charge in [-0.1, -0.05) is 62.1 Å². The summed E-state index contributed by atoms with van der Waals surface area (Å²) in [5.41, 5.74) is 2.02. The third kappa shape index (κ3) is 7.21. The molecule has 0 saturated heterocycles. The van der Waals surface area contributed by atoms with Gasteiger partial charge >= 0.3 is 5.97 Å². The summed E-state index contributed by atoms with van der Waals surface area (Å²) in [7, 11) is 1.33. The first-order valence-electron chi connectivity index (χ1n) is 12.0. The summed E-state index contributed by atoms with van der Waals surface area (Å²) in [6.45, 7) is 0. The van der Waals surface area contributed by atoms with Crippen LogP contribution in [0.2, 0.25) is 0 Å². The summed E-state index contributed by atoms with van der Waals surface area (Å²) in [5.74, 6) is -0.760. The van der Waals surface area contributed by atoms with Crippen LogP contribution in [0, 0.1) is 5.92 Å². The van der Waals surface area contributed by atoms with E-state index in [0.29, 0.717) is 12.8 Å². The zero-order chi connectivity index (χ0) is 22.8. The number of amides is 2. The molecule has 1 aliphatic heterocycles. The molecule has 2 aliphatic rings. The van der Waals surface area contributed by atoms with E-state index in [1.54, 1.807) is 0 Å². The molecule has 6 nitrogen and oxygen atoms in total. The van der Waals surface area contributed by atoms with Crippen molar-refractivity contribution in [3.8, 4) is 0 Å². The molecule has 2 amide bonds. The smallest absolute Gasteiger partial charge is 0.328 e. The predicted octanol–water partition coefficient (Wildman–Crippen LogP) is 3.93. The Morgan fingerprint density at radius 1 is 1.00 bits per heavy atom. The number of allylic oxidation sites excluding steroid dienone is 1. The minimum absolute atomic E-state index is 0.0862. The van der Waals surface area contributed by atoms with Crippen molar-refractivity contribution in [1.29, 1.82) is 0 Å². The van der Waals surface area contributed by atoms with Gasteiger partial charge in [-0.2, -0.15) is 0 Å². The monoisotopic (exact) mass is 440 g/mol. The van der Waals surface area contributed by atoms with Crippen molar-refractivity contribution in [2.45, 2.75) is 82.7 Å². The van der Waals surface area contributed by atoms with Crippen molar-refractivity contribution in [2.75, 3.05) is 7.11 Å². The topological polar surface area (TPSA) is 84.5 Å². The number of carbonyl (C=O) groups is 3. The van der Waals surface area contributed by atoms with Crippen LogP contribution in [0.25, 0.3) is 6.08 Å². The number of methoxy groups -OCH3 is 1. The molecule has 2 atom stereocenters. The van der Waals surface area contributed by atoms with Crippen molar-refractivity contribution in [2.24, 2.45) is 5.92 Å². The molecule has 2 N–H and O–H groups in total. The summed E-state index contributed by atoms with van der Waals surface area (Å²) in [5, 5.41) is 5.89. The maximum atomic E-state index is 13.3. The van der Waals surface area contributed by atoms with Crippen LogP contribution in [0.5, 0.6) is 0 Å². The van der Waals surface area contributed by atoms with Crippen LogP contribution in [-0.2, 0) is 25.5 Å². The van der Waals surface area contributed by atoms with Crippen molar-refractivity contribution >= 4 is 23.9 Å². The highest BCUT2D eigenvalue weighted by Gasteiger charge is 2.33. The van der Waals surface area contributed by atoms with Gasteiger partial charge < -0.3 is 15.4 Å². The second-order valence-corrected chi connectivity index (χ2v) is 8.98.